The number of β-amino-alcohol motifs (C(OH)–C–C–N with tert-alkyl or cyclic N) is 1. The summed E-state index contributed by atoms with van der Waals surface area (Å²) >= 11 is 0. The summed E-state index contributed by atoms with van der Waals surface area (Å²) in [5.41, 5.74) is 2.41. The highest BCUT2D eigenvalue weighted by Crippen LogP contribution is 2.23. The van der Waals surface area contributed by atoms with Crippen LogP contribution >= 0.6 is 0 Å². The third-order valence-electron chi connectivity index (χ3n) is 4.56. The molecule has 2 aromatic rings. The standard InChI is InChI=1S/C19H21FN2O2/c1-13-10-16(6-8-21-13)19(24)22-9-7-15(18(23)12-22)11-14-2-4-17(20)5-3-14/h2-6,8,10,15,18,23H,7,9,11-12H2,1H3/t15-,18+/m1/s1. The molecule has 0 bridgehead atoms. The molecule has 1 aromatic heterocycles. The summed E-state index contributed by atoms with van der Waals surface area (Å²) < 4.78 is 13.0. The maximum Gasteiger partial charge on any atom is 0.254 e. The average molecular weight is 328 g/mol. The lowest BCUT2D eigenvalue weighted by molar-refractivity contribution is 0.0198. The van der Waals surface area contributed by atoms with Gasteiger partial charge >= 0.3 is 0 Å². The quantitative estimate of drug-likeness (QED) is 0.942. The van der Waals surface area contributed by atoms with Crippen molar-refractivity contribution in [2.24, 2.45) is 5.92 Å². The van der Waals surface area contributed by atoms with Crippen molar-refractivity contribution in [2.45, 2.75) is 25.9 Å². The molecule has 1 aliphatic heterocycles. The van der Waals surface area contributed by atoms with Crippen molar-refractivity contribution in [3.63, 3.8) is 0 Å². The Morgan fingerprint density at radius 2 is 2.08 bits per heavy atom. The van der Waals surface area contributed by atoms with E-state index < -0.39 is 6.10 Å². The van der Waals surface area contributed by atoms with Crippen molar-refractivity contribution in [2.75, 3.05) is 13.1 Å². The van der Waals surface area contributed by atoms with Crippen molar-refractivity contribution in [1.82, 2.24) is 9.88 Å². The number of aliphatic hydroxyl groups is 1. The molecule has 4 nitrogen and oxygen atoms in total. The summed E-state index contributed by atoms with van der Waals surface area (Å²) in [6.07, 6.45) is 2.47. The molecule has 0 saturated carbocycles. The SMILES string of the molecule is Cc1cc(C(=O)N2CC[C@H](Cc3ccc(F)cc3)[C@@H](O)C2)ccn1. The topological polar surface area (TPSA) is 53.4 Å². The number of carbonyl (C=O) groups is 1. The highest BCUT2D eigenvalue weighted by molar-refractivity contribution is 5.94. The van der Waals surface area contributed by atoms with Crippen molar-refractivity contribution in [3.05, 3.63) is 65.2 Å². The van der Waals surface area contributed by atoms with Gasteiger partial charge in [-0.05, 0) is 55.5 Å². The largest absolute Gasteiger partial charge is 0.391 e. The van der Waals surface area contributed by atoms with Gasteiger partial charge in [0.2, 0.25) is 0 Å². The van der Waals surface area contributed by atoms with Crippen LogP contribution in [0.2, 0.25) is 0 Å². The minimum Gasteiger partial charge on any atom is -0.391 e. The van der Waals surface area contributed by atoms with Crippen LogP contribution in [0, 0.1) is 18.7 Å². The Hall–Kier alpha value is -2.27. The van der Waals surface area contributed by atoms with Crippen molar-refractivity contribution in [1.29, 1.82) is 0 Å². The summed E-state index contributed by atoms with van der Waals surface area (Å²) in [5.74, 6) is -0.245. The second kappa shape index (κ2) is 7.09. The lowest BCUT2D eigenvalue weighted by Crippen LogP contribution is -2.47. The molecule has 2 atom stereocenters. The Labute approximate surface area is 141 Å². The Morgan fingerprint density at radius 1 is 1.33 bits per heavy atom. The number of aryl methyl sites for hydroxylation is 1. The van der Waals surface area contributed by atoms with E-state index >= 15 is 0 Å². The third-order valence-corrected chi connectivity index (χ3v) is 4.56. The fraction of sp³-hybridized carbons (Fsp3) is 0.368. The zero-order valence-electron chi connectivity index (χ0n) is 13.7. The first-order chi connectivity index (χ1) is 11.5. The predicted molar refractivity (Wildman–Crippen MR) is 89.1 cm³/mol. The van der Waals surface area contributed by atoms with E-state index in [0.29, 0.717) is 25.1 Å². The van der Waals surface area contributed by atoms with Crippen LogP contribution < -0.4 is 0 Å². The zero-order chi connectivity index (χ0) is 17.1. The van der Waals surface area contributed by atoms with Gasteiger partial charge in [-0.2, -0.15) is 0 Å². The van der Waals surface area contributed by atoms with Gasteiger partial charge in [0.05, 0.1) is 6.10 Å². The van der Waals surface area contributed by atoms with E-state index in [-0.39, 0.29) is 17.6 Å². The summed E-state index contributed by atoms with van der Waals surface area (Å²) in [6.45, 7) is 2.79. The normalized spacial score (nSPS) is 20.9. The molecule has 0 radical (unpaired) electrons. The van der Waals surface area contributed by atoms with Gasteiger partial charge in [0.15, 0.2) is 0 Å². The molecule has 0 aliphatic carbocycles. The van der Waals surface area contributed by atoms with E-state index in [0.717, 1.165) is 17.7 Å². The molecule has 1 N–H and O–H groups in total. The van der Waals surface area contributed by atoms with Gasteiger partial charge in [-0.15, -0.1) is 0 Å². The summed E-state index contributed by atoms with van der Waals surface area (Å²) in [5, 5.41) is 10.4. The molecule has 1 fully saturated rings. The molecular formula is C19H21FN2O2. The number of rotatable bonds is 3. The number of pyridine rings is 1. The number of likely N-dealkylation sites (tertiary alicyclic amines) is 1. The number of aromatic nitrogens is 1. The Kier molecular flexibility index (Phi) is 4.90. The van der Waals surface area contributed by atoms with Gasteiger partial charge in [0.1, 0.15) is 5.82 Å². The molecular weight excluding hydrogens is 307 g/mol. The van der Waals surface area contributed by atoms with Gasteiger partial charge in [-0.1, -0.05) is 12.1 Å². The van der Waals surface area contributed by atoms with E-state index in [4.69, 9.17) is 0 Å². The van der Waals surface area contributed by atoms with Gasteiger partial charge in [-0.3, -0.25) is 9.78 Å². The molecule has 0 unspecified atom stereocenters. The fourth-order valence-corrected chi connectivity index (χ4v) is 3.19. The molecule has 0 spiro atoms. The van der Waals surface area contributed by atoms with E-state index in [9.17, 15) is 14.3 Å². The number of piperidine rings is 1. The number of nitrogens with zero attached hydrogens (tertiary/aromatic N) is 2. The van der Waals surface area contributed by atoms with Crippen LogP contribution in [0.3, 0.4) is 0 Å². The second-order valence-corrected chi connectivity index (χ2v) is 6.38. The number of halogens is 1. The van der Waals surface area contributed by atoms with Gasteiger partial charge < -0.3 is 10.0 Å². The van der Waals surface area contributed by atoms with Crippen molar-refractivity contribution >= 4 is 5.91 Å². The van der Waals surface area contributed by atoms with Crippen LogP contribution in [0.1, 0.15) is 28.0 Å². The zero-order valence-corrected chi connectivity index (χ0v) is 13.7. The highest BCUT2D eigenvalue weighted by atomic mass is 19.1. The van der Waals surface area contributed by atoms with Gasteiger partial charge in [0, 0.05) is 30.5 Å². The lowest BCUT2D eigenvalue weighted by atomic mass is 9.87. The summed E-state index contributed by atoms with van der Waals surface area (Å²) in [6, 6.07) is 9.84. The average Bonchev–Trinajstić information content (AvgIpc) is 2.58. The van der Waals surface area contributed by atoms with E-state index in [2.05, 4.69) is 4.98 Å². The van der Waals surface area contributed by atoms with Crippen LogP contribution in [0.25, 0.3) is 0 Å². The molecule has 2 heterocycles. The molecule has 1 aromatic carbocycles. The Balaban J connectivity index is 1.62. The smallest absolute Gasteiger partial charge is 0.254 e. The number of aliphatic hydroxyl groups excluding tert-OH is 1. The van der Waals surface area contributed by atoms with E-state index in [1.165, 1.54) is 12.1 Å². The monoisotopic (exact) mass is 328 g/mol. The minimum absolute atomic E-state index is 0.0696. The number of benzene rings is 1. The molecule has 1 aliphatic rings. The molecule has 1 saturated heterocycles. The molecule has 126 valence electrons. The first-order valence-corrected chi connectivity index (χ1v) is 8.17. The Bertz CT molecular complexity index is 718. The van der Waals surface area contributed by atoms with E-state index in [1.807, 2.05) is 6.92 Å². The van der Waals surface area contributed by atoms with Crippen LogP contribution in [0.5, 0.6) is 0 Å². The minimum atomic E-state index is -0.573. The first-order valence-electron chi connectivity index (χ1n) is 8.17. The second-order valence-electron chi connectivity index (χ2n) is 6.38. The first kappa shape index (κ1) is 16.6. The van der Waals surface area contributed by atoms with Crippen LogP contribution in [0.15, 0.2) is 42.6 Å². The Morgan fingerprint density at radius 3 is 2.75 bits per heavy atom. The number of carbonyl (C=O) groups excluding carboxylic acids is 1. The third kappa shape index (κ3) is 3.79. The van der Waals surface area contributed by atoms with Crippen LogP contribution in [-0.4, -0.2) is 40.1 Å². The van der Waals surface area contributed by atoms with Crippen molar-refractivity contribution < 1.29 is 14.3 Å². The van der Waals surface area contributed by atoms with Gasteiger partial charge in [0.25, 0.3) is 5.91 Å². The molecule has 5 heteroatoms. The molecule has 24 heavy (non-hydrogen) atoms. The molecule has 3 rings (SSSR count). The number of hydrogen-bond acceptors (Lipinski definition) is 3. The summed E-state index contributed by atoms with van der Waals surface area (Å²) in [4.78, 5) is 18.3. The van der Waals surface area contributed by atoms with Crippen LogP contribution in [-0.2, 0) is 6.42 Å². The maximum absolute atomic E-state index is 13.0. The predicted octanol–water partition coefficient (Wildman–Crippen LogP) is 2.59. The fourth-order valence-electron chi connectivity index (χ4n) is 3.19. The van der Waals surface area contributed by atoms with Gasteiger partial charge in [-0.25, -0.2) is 4.39 Å². The molecule has 1 amide bonds. The van der Waals surface area contributed by atoms with Crippen molar-refractivity contribution in [3.8, 4) is 0 Å². The number of amides is 1. The lowest BCUT2D eigenvalue weighted by Gasteiger charge is -2.36. The van der Waals surface area contributed by atoms with Crippen LogP contribution in [0.4, 0.5) is 4.39 Å². The van der Waals surface area contributed by atoms with E-state index in [1.54, 1.807) is 35.4 Å². The highest BCUT2D eigenvalue weighted by Gasteiger charge is 2.30. The number of hydrogen-bond donors (Lipinski definition) is 1. The maximum atomic E-state index is 13.0. The summed E-state index contributed by atoms with van der Waals surface area (Å²) in [7, 11) is 0.